The normalized spacial score (nSPS) is 12.9. The van der Waals surface area contributed by atoms with Crippen LogP contribution in [-0.4, -0.2) is 9.13 Å². The molecule has 0 atom stereocenters. The van der Waals surface area contributed by atoms with E-state index in [1.54, 1.807) is 0 Å². The lowest BCUT2D eigenvalue weighted by atomic mass is 9.94. The second-order valence-corrected chi connectivity index (χ2v) is 14.8. The molecule has 11 rings (SSSR count). The van der Waals surface area contributed by atoms with Gasteiger partial charge in [-0.25, -0.2) is 0 Å². The number of nitrogens with zero attached hydrogens (tertiary/aromatic N) is 2. The zero-order valence-electron chi connectivity index (χ0n) is 30.9. The summed E-state index contributed by atoms with van der Waals surface area (Å²) in [6.07, 6.45) is 9.11. The van der Waals surface area contributed by atoms with Crippen molar-refractivity contribution in [1.29, 1.82) is 0 Å². The van der Waals surface area contributed by atoms with Gasteiger partial charge in [0.25, 0.3) is 0 Å². The van der Waals surface area contributed by atoms with E-state index in [0.717, 1.165) is 24.2 Å². The van der Waals surface area contributed by atoms with E-state index in [2.05, 4.69) is 215 Å². The van der Waals surface area contributed by atoms with Crippen molar-refractivity contribution in [3.8, 4) is 44.8 Å². The second kappa shape index (κ2) is 13.3. The van der Waals surface area contributed by atoms with Crippen LogP contribution in [0.3, 0.4) is 0 Å². The van der Waals surface area contributed by atoms with Crippen LogP contribution in [0, 0.1) is 0 Å². The summed E-state index contributed by atoms with van der Waals surface area (Å²) in [7, 11) is 0. The number of aromatic nitrogens is 2. The quantitative estimate of drug-likeness (QED) is 0.162. The number of hydrogen-bond acceptors (Lipinski definition) is 0. The molecule has 2 nitrogen and oxygen atoms in total. The number of benzene rings is 8. The molecule has 0 amide bonds. The Balaban J connectivity index is 1.04. The minimum Gasteiger partial charge on any atom is -0.309 e. The molecule has 1 aliphatic carbocycles. The highest BCUT2D eigenvalue weighted by atomic mass is 15.0. The Labute approximate surface area is 326 Å². The molecule has 0 N–H and O–H groups in total. The summed E-state index contributed by atoms with van der Waals surface area (Å²) in [5.74, 6) is 0. The minimum atomic E-state index is 1.11. The third kappa shape index (κ3) is 5.26. The van der Waals surface area contributed by atoms with Crippen LogP contribution >= 0.6 is 0 Å². The van der Waals surface area contributed by atoms with E-state index >= 15 is 0 Å². The zero-order chi connectivity index (χ0) is 37.0. The van der Waals surface area contributed by atoms with Gasteiger partial charge in [-0.15, -0.1) is 0 Å². The van der Waals surface area contributed by atoms with Gasteiger partial charge in [0.05, 0.1) is 22.1 Å². The Morgan fingerprint density at radius 1 is 0.339 bits per heavy atom. The van der Waals surface area contributed by atoms with E-state index in [1.165, 1.54) is 88.1 Å². The Morgan fingerprint density at radius 2 is 0.839 bits per heavy atom. The largest absolute Gasteiger partial charge is 0.309 e. The van der Waals surface area contributed by atoms with Crippen molar-refractivity contribution < 1.29 is 0 Å². The molecule has 1 aliphatic rings. The monoisotopic (exact) mass is 714 g/mol. The average Bonchev–Trinajstić information content (AvgIpc) is 3.80. The number of rotatable bonds is 6. The van der Waals surface area contributed by atoms with Gasteiger partial charge < -0.3 is 9.13 Å². The van der Waals surface area contributed by atoms with Gasteiger partial charge in [0.1, 0.15) is 0 Å². The third-order valence-electron chi connectivity index (χ3n) is 11.6. The summed E-state index contributed by atoms with van der Waals surface area (Å²) in [5.41, 5.74) is 17.1. The van der Waals surface area contributed by atoms with Gasteiger partial charge >= 0.3 is 0 Å². The fourth-order valence-electron chi connectivity index (χ4n) is 8.98. The fourth-order valence-corrected chi connectivity index (χ4v) is 8.98. The molecule has 2 heterocycles. The standard InChI is InChI=1S/C54H38N2/c1-3-14-37(15-4-1)41-18-13-19-42(36-41)38-26-30-43(31-27-38)55-49-24-11-9-22-47(49)53-51(55)34-35-52-54(53)48-23-10-12-25-50(48)56(52)44-32-28-40(29-33-44)46-21-8-7-20-45(46)39-16-5-2-6-17-39/h2-3,5-36H,1,4H2. The molecule has 10 aromatic rings. The van der Waals surface area contributed by atoms with Crippen molar-refractivity contribution in [3.05, 3.63) is 212 Å². The molecular formula is C54H38N2. The summed E-state index contributed by atoms with van der Waals surface area (Å²) < 4.78 is 4.87. The molecule has 0 saturated heterocycles. The molecule has 0 radical (unpaired) electrons. The van der Waals surface area contributed by atoms with Crippen LogP contribution in [-0.2, 0) is 0 Å². The molecule has 264 valence electrons. The summed E-state index contributed by atoms with van der Waals surface area (Å²) in [6, 6.07) is 68.8. The topological polar surface area (TPSA) is 9.86 Å². The summed E-state index contributed by atoms with van der Waals surface area (Å²) >= 11 is 0. The molecule has 2 aromatic heterocycles. The first-order chi connectivity index (χ1) is 27.8. The lowest BCUT2D eigenvalue weighted by molar-refractivity contribution is 1.04. The van der Waals surface area contributed by atoms with Gasteiger partial charge in [-0.2, -0.15) is 0 Å². The van der Waals surface area contributed by atoms with Crippen LogP contribution < -0.4 is 0 Å². The Hall–Kier alpha value is -7.16. The molecular weight excluding hydrogens is 677 g/mol. The maximum Gasteiger partial charge on any atom is 0.0548 e. The Kier molecular flexibility index (Phi) is 7.67. The van der Waals surface area contributed by atoms with Crippen molar-refractivity contribution in [2.45, 2.75) is 12.8 Å². The fraction of sp³-hybridized carbons (Fsp3) is 0.0370. The Morgan fingerprint density at radius 3 is 1.43 bits per heavy atom. The van der Waals surface area contributed by atoms with Crippen molar-refractivity contribution in [2.75, 3.05) is 0 Å². The van der Waals surface area contributed by atoms with Gasteiger partial charge in [0.2, 0.25) is 0 Å². The highest BCUT2D eigenvalue weighted by Gasteiger charge is 2.20. The molecule has 0 fully saturated rings. The second-order valence-electron chi connectivity index (χ2n) is 14.8. The molecule has 56 heavy (non-hydrogen) atoms. The van der Waals surface area contributed by atoms with Crippen LogP contribution in [0.1, 0.15) is 18.4 Å². The number of allylic oxidation sites excluding steroid dienone is 4. The van der Waals surface area contributed by atoms with E-state index in [1.807, 2.05) is 0 Å². The Bertz CT molecular complexity index is 3150. The molecule has 0 bridgehead atoms. The van der Waals surface area contributed by atoms with Crippen LogP contribution in [0.15, 0.2) is 206 Å². The molecule has 0 saturated carbocycles. The first-order valence-corrected chi connectivity index (χ1v) is 19.6. The maximum absolute atomic E-state index is 2.44. The van der Waals surface area contributed by atoms with E-state index in [0.29, 0.717) is 0 Å². The number of para-hydroxylation sites is 2. The predicted octanol–water partition coefficient (Wildman–Crippen LogP) is 14.6. The van der Waals surface area contributed by atoms with E-state index in [-0.39, 0.29) is 0 Å². The third-order valence-corrected chi connectivity index (χ3v) is 11.6. The predicted molar refractivity (Wildman–Crippen MR) is 238 cm³/mol. The highest BCUT2D eigenvalue weighted by molar-refractivity contribution is 6.28. The zero-order valence-corrected chi connectivity index (χ0v) is 30.9. The van der Waals surface area contributed by atoms with E-state index < -0.39 is 0 Å². The van der Waals surface area contributed by atoms with E-state index in [9.17, 15) is 0 Å². The van der Waals surface area contributed by atoms with Crippen molar-refractivity contribution >= 4 is 49.2 Å². The summed E-state index contributed by atoms with van der Waals surface area (Å²) in [4.78, 5) is 0. The highest BCUT2D eigenvalue weighted by Crippen LogP contribution is 2.43. The maximum atomic E-state index is 2.44. The lowest BCUT2D eigenvalue weighted by Gasteiger charge is -2.13. The average molecular weight is 715 g/mol. The number of fused-ring (bicyclic) bond motifs is 7. The molecule has 8 aromatic carbocycles. The lowest BCUT2D eigenvalue weighted by Crippen LogP contribution is -1.95. The molecule has 2 heteroatoms. The smallest absolute Gasteiger partial charge is 0.0548 e. The first kappa shape index (κ1) is 32.3. The SMILES string of the molecule is C1=CC(c2cccc(-c3ccc(-n4c5ccccc5c5c6c7ccccc7n(-c7ccc(-c8ccccc8-c8ccccc8)cc7)c6ccc54)cc3)c2)=CCC1. The van der Waals surface area contributed by atoms with Crippen molar-refractivity contribution in [3.63, 3.8) is 0 Å². The van der Waals surface area contributed by atoms with Crippen LogP contribution in [0.5, 0.6) is 0 Å². The molecule has 0 spiro atoms. The van der Waals surface area contributed by atoms with Crippen molar-refractivity contribution in [1.82, 2.24) is 9.13 Å². The van der Waals surface area contributed by atoms with Gasteiger partial charge in [0.15, 0.2) is 0 Å². The van der Waals surface area contributed by atoms with Crippen LogP contribution in [0.2, 0.25) is 0 Å². The van der Waals surface area contributed by atoms with Gasteiger partial charge in [-0.1, -0.05) is 152 Å². The van der Waals surface area contributed by atoms with Crippen LogP contribution in [0.25, 0.3) is 93.9 Å². The van der Waals surface area contributed by atoms with Gasteiger partial charge in [-0.3, -0.25) is 0 Å². The number of hydrogen-bond donors (Lipinski definition) is 0. The van der Waals surface area contributed by atoms with E-state index in [4.69, 9.17) is 0 Å². The van der Waals surface area contributed by atoms with Gasteiger partial charge in [0, 0.05) is 32.9 Å². The summed E-state index contributed by atoms with van der Waals surface area (Å²) in [6.45, 7) is 0. The van der Waals surface area contributed by atoms with Crippen molar-refractivity contribution in [2.24, 2.45) is 0 Å². The van der Waals surface area contributed by atoms with Crippen LogP contribution in [0.4, 0.5) is 0 Å². The molecule has 0 unspecified atom stereocenters. The first-order valence-electron chi connectivity index (χ1n) is 19.6. The minimum absolute atomic E-state index is 1.11. The molecule has 0 aliphatic heterocycles. The summed E-state index contributed by atoms with van der Waals surface area (Å²) in [5, 5.41) is 5.08. The van der Waals surface area contributed by atoms with Gasteiger partial charge in [-0.05, 0) is 112 Å².